The van der Waals surface area contributed by atoms with Gasteiger partial charge in [-0.2, -0.15) is 0 Å². The monoisotopic (exact) mass is 508 g/mol. The molecule has 0 spiro atoms. The maximum atomic E-state index is 13.9. The van der Waals surface area contributed by atoms with Crippen LogP contribution in [-0.4, -0.2) is 39.5 Å². The van der Waals surface area contributed by atoms with E-state index in [2.05, 4.69) is 11.8 Å². The first-order chi connectivity index (χ1) is 17.0. The van der Waals surface area contributed by atoms with Crippen molar-refractivity contribution in [3.05, 3.63) is 77.2 Å². The second-order valence-electron chi connectivity index (χ2n) is 8.73. The molecule has 3 atom stereocenters. The lowest BCUT2D eigenvalue weighted by molar-refractivity contribution is -0.141. The first-order valence-corrected chi connectivity index (χ1v) is 12.5. The van der Waals surface area contributed by atoms with Gasteiger partial charge in [0, 0.05) is 11.1 Å². The van der Waals surface area contributed by atoms with Gasteiger partial charge in [-0.1, -0.05) is 56.2 Å². The van der Waals surface area contributed by atoms with E-state index < -0.39 is 25.3 Å². The van der Waals surface area contributed by atoms with Gasteiger partial charge < -0.3 is 10.2 Å². The zero-order chi connectivity index (χ0) is 26.6. The molecule has 0 radical (unpaired) electrons. The van der Waals surface area contributed by atoms with Gasteiger partial charge in [0.05, 0.1) is 24.1 Å². The van der Waals surface area contributed by atoms with Crippen molar-refractivity contribution in [2.75, 3.05) is 7.11 Å². The molecule has 186 valence electrons. The van der Waals surface area contributed by atoms with Gasteiger partial charge in [0.25, 0.3) is 0 Å². The van der Waals surface area contributed by atoms with Crippen LogP contribution in [0, 0.1) is 24.6 Å². The van der Waals surface area contributed by atoms with E-state index in [4.69, 9.17) is 9.51 Å². The SMILES string of the molecule is CO[P+](=O)C(C#Cc1c(-c2ccc(F)cc2C)cc(-c2ccccc2)nc1C(C)C)(C(=O)O)C(C)O. The molecule has 3 aromatic rings. The third-order valence-corrected chi connectivity index (χ3v) is 7.49. The summed E-state index contributed by atoms with van der Waals surface area (Å²) in [6.07, 6.45) is -1.60. The first kappa shape index (κ1) is 27.2. The quantitative estimate of drug-likeness (QED) is 0.303. The number of rotatable bonds is 7. The molecule has 0 aliphatic rings. The molecule has 0 aliphatic heterocycles. The molecule has 6 nitrogen and oxygen atoms in total. The van der Waals surface area contributed by atoms with Crippen LogP contribution < -0.4 is 0 Å². The summed E-state index contributed by atoms with van der Waals surface area (Å²) in [7, 11) is -1.79. The van der Waals surface area contributed by atoms with Crippen LogP contribution in [-0.2, 0) is 13.9 Å². The Morgan fingerprint density at radius 1 is 1.11 bits per heavy atom. The van der Waals surface area contributed by atoms with Gasteiger partial charge in [0.2, 0.25) is 0 Å². The number of aliphatic hydroxyl groups is 1. The van der Waals surface area contributed by atoms with Crippen LogP contribution in [0.25, 0.3) is 22.4 Å². The van der Waals surface area contributed by atoms with Crippen molar-refractivity contribution < 1.29 is 28.5 Å². The minimum Gasteiger partial charge on any atom is -0.477 e. The zero-order valence-electron chi connectivity index (χ0n) is 20.7. The summed E-state index contributed by atoms with van der Waals surface area (Å²) in [5.74, 6) is 3.39. The first-order valence-electron chi connectivity index (χ1n) is 11.4. The van der Waals surface area contributed by atoms with Gasteiger partial charge in [-0.15, -0.1) is 4.52 Å². The summed E-state index contributed by atoms with van der Waals surface area (Å²) in [6.45, 7) is 6.84. The maximum Gasteiger partial charge on any atom is 0.542 e. The topological polar surface area (TPSA) is 96.7 Å². The highest BCUT2D eigenvalue weighted by atomic mass is 31.1. The highest BCUT2D eigenvalue weighted by molar-refractivity contribution is 7.43. The van der Waals surface area contributed by atoms with Crippen LogP contribution in [0.15, 0.2) is 54.6 Å². The Morgan fingerprint density at radius 2 is 1.78 bits per heavy atom. The Morgan fingerprint density at radius 3 is 2.31 bits per heavy atom. The molecule has 2 N–H and O–H groups in total. The van der Waals surface area contributed by atoms with Crippen LogP contribution in [0.2, 0.25) is 0 Å². The van der Waals surface area contributed by atoms with Gasteiger partial charge in [-0.3, -0.25) is 4.98 Å². The van der Waals surface area contributed by atoms with E-state index >= 15 is 0 Å². The smallest absolute Gasteiger partial charge is 0.477 e. The van der Waals surface area contributed by atoms with E-state index in [0.717, 1.165) is 12.7 Å². The number of aromatic nitrogens is 1. The van der Waals surface area contributed by atoms with Crippen molar-refractivity contribution in [2.24, 2.45) is 0 Å². The fourth-order valence-electron chi connectivity index (χ4n) is 3.93. The predicted octanol–water partition coefficient (Wildman–Crippen LogP) is 5.93. The average molecular weight is 509 g/mol. The number of aliphatic hydroxyl groups excluding tert-OH is 1. The molecule has 0 bridgehead atoms. The molecule has 1 aromatic heterocycles. The standard InChI is InChI=1S/C28H27FNO5P/c1-17(2)26-23(13-14-28(19(4)31,27(32)33)36(34)35-5)24(22-12-11-21(29)15-18(22)3)16-25(30-26)20-9-7-6-8-10-20/h6-12,15-17,19,31H,1-5H3/p+1. The molecular formula is C28H28FNO5P+. The molecule has 3 unspecified atom stereocenters. The van der Waals surface area contributed by atoms with Crippen LogP contribution in [0.4, 0.5) is 4.39 Å². The number of benzene rings is 2. The van der Waals surface area contributed by atoms with Gasteiger partial charge in [-0.05, 0) is 59.6 Å². The van der Waals surface area contributed by atoms with Crippen LogP contribution in [0.3, 0.4) is 0 Å². The predicted molar refractivity (Wildman–Crippen MR) is 137 cm³/mol. The number of carbonyl (C=O) groups is 1. The second-order valence-corrected chi connectivity index (χ2v) is 10.3. The molecule has 8 heteroatoms. The van der Waals surface area contributed by atoms with E-state index in [0.29, 0.717) is 33.6 Å². The molecule has 0 aliphatic carbocycles. The number of hydrogen-bond donors (Lipinski definition) is 2. The minimum absolute atomic E-state index is 0.126. The number of pyridine rings is 1. The maximum absolute atomic E-state index is 13.9. The molecule has 0 fully saturated rings. The Labute approximate surface area is 211 Å². The van der Waals surface area contributed by atoms with Crippen LogP contribution >= 0.6 is 8.03 Å². The third-order valence-electron chi connectivity index (χ3n) is 5.91. The van der Waals surface area contributed by atoms with E-state index in [-0.39, 0.29) is 11.7 Å². The molecule has 36 heavy (non-hydrogen) atoms. The number of halogens is 1. The lowest BCUT2D eigenvalue weighted by atomic mass is 9.90. The fraction of sp³-hybridized carbons (Fsp3) is 0.286. The molecule has 0 amide bonds. The number of aryl methyl sites for hydroxylation is 1. The van der Waals surface area contributed by atoms with Gasteiger partial charge in [0.1, 0.15) is 11.9 Å². The molecular weight excluding hydrogens is 480 g/mol. The molecule has 0 saturated heterocycles. The van der Waals surface area contributed by atoms with Crippen molar-refractivity contribution in [3.63, 3.8) is 0 Å². The van der Waals surface area contributed by atoms with Crippen molar-refractivity contribution >= 4 is 14.0 Å². The molecule has 3 rings (SSSR count). The number of hydrogen-bond acceptors (Lipinski definition) is 5. The largest absolute Gasteiger partial charge is 0.542 e. The lowest BCUT2D eigenvalue weighted by Gasteiger charge is -2.18. The van der Waals surface area contributed by atoms with Gasteiger partial charge in [0.15, 0.2) is 0 Å². The van der Waals surface area contributed by atoms with Crippen molar-refractivity contribution in [1.82, 2.24) is 4.98 Å². The fourth-order valence-corrected chi connectivity index (χ4v) is 4.82. The number of carboxylic acid groups (broad SMARTS) is 1. The van der Waals surface area contributed by atoms with E-state index in [1.807, 2.05) is 50.2 Å². The number of carboxylic acids is 1. The normalized spacial score (nSPS) is 13.9. The summed E-state index contributed by atoms with van der Waals surface area (Å²) < 4.78 is 31.5. The van der Waals surface area contributed by atoms with E-state index in [1.54, 1.807) is 13.0 Å². The summed E-state index contributed by atoms with van der Waals surface area (Å²) in [5.41, 5.74) is 4.50. The highest BCUT2D eigenvalue weighted by Crippen LogP contribution is 2.43. The summed E-state index contributed by atoms with van der Waals surface area (Å²) in [4.78, 5) is 17.0. The summed E-state index contributed by atoms with van der Waals surface area (Å²) in [5, 5.41) is 17.9. The van der Waals surface area contributed by atoms with E-state index in [9.17, 15) is 24.0 Å². The molecule has 0 saturated carbocycles. The van der Waals surface area contributed by atoms with E-state index in [1.165, 1.54) is 19.1 Å². The summed E-state index contributed by atoms with van der Waals surface area (Å²) in [6, 6.07) is 15.7. The zero-order valence-corrected chi connectivity index (χ0v) is 21.6. The van der Waals surface area contributed by atoms with Crippen LogP contribution in [0.5, 0.6) is 0 Å². The van der Waals surface area contributed by atoms with Crippen molar-refractivity contribution in [3.8, 4) is 34.2 Å². The summed E-state index contributed by atoms with van der Waals surface area (Å²) >= 11 is 0. The Hall–Kier alpha value is -3.43. The lowest BCUT2D eigenvalue weighted by Crippen LogP contribution is -2.44. The molecule has 1 heterocycles. The van der Waals surface area contributed by atoms with Crippen LogP contribution in [0.1, 0.15) is 43.5 Å². The highest BCUT2D eigenvalue weighted by Gasteiger charge is 2.62. The second kappa shape index (κ2) is 11.1. The number of nitrogens with zero attached hydrogens (tertiary/aromatic N) is 1. The third kappa shape index (κ3) is 5.22. The Bertz CT molecular complexity index is 1360. The Kier molecular flexibility index (Phi) is 8.37. The van der Waals surface area contributed by atoms with Gasteiger partial charge >= 0.3 is 19.2 Å². The van der Waals surface area contributed by atoms with Crippen molar-refractivity contribution in [2.45, 2.75) is 44.9 Å². The Balaban J connectivity index is 2.43. The average Bonchev–Trinajstić information content (AvgIpc) is 2.84. The molecule has 2 aromatic carbocycles. The number of aliphatic carboxylic acids is 1. The minimum atomic E-state index is -2.89. The van der Waals surface area contributed by atoms with Gasteiger partial charge in [-0.25, -0.2) is 9.18 Å². The van der Waals surface area contributed by atoms with Crippen molar-refractivity contribution in [1.29, 1.82) is 0 Å².